The average Bonchev–Trinajstić information content (AvgIpc) is 3.65. The predicted molar refractivity (Wildman–Crippen MR) is 238 cm³/mol. The van der Waals surface area contributed by atoms with Crippen molar-refractivity contribution >= 4 is 17.8 Å². The number of esters is 1. The molecule has 3 aromatic carbocycles. The first-order valence-corrected chi connectivity index (χ1v) is 22.8. The van der Waals surface area contributed by atoms with Gasteiger partial charge in [0.05, 0.1) is 12.2 Å². The summed E-state index contributed by atoms with van der Waals surface area (Å²) in [6.45, 7) is 13.2. The Morgan fingerprint density at radius 2 is 1.39 bits per heavy atom. The van der Waals surface area contributed by atoms with E-state index in [4.69, 9.17) is 14.2 Å². The van der Waals surface area contributed by atoms with Crippen LogP contribution >= 0.6 is 0 Å². The third-order valence-corrected chi connectivity index (χ3v) is 15.2. The Kier molecular flexibility index (Phi) is 11.5. The lowest BCUT2D eigenvalue weighted by molar-refractivity contribution is -0.188. The zero-order valence-corrected chi connectivity index (χ0v) is 37.5. The van der Waals surface area contributed by atoms with Crippen molar-refractivity contribution in [2.75, 3.05) is 6.61 Å². The summed E-state index contributed by atoms with van der Waals surface area (Å²) in [6.07, 6.45) is 9.18. The van der Waals surface area contributed by atoms with E-state index in [1.807, 2.05) is 67.6 Å². The van der Waals surface area contributed by atoms with Gasteiger partial charge in [-0.15, -0.1) is 0 Å². The fourth-order valence-electron chi connectivity index (χ4n) is 12.2. The molecule has 9 heteroatoms. The van der Waals surface area contributed by atoms with Crippen LogP contribution in [0, 0.1) is 35.0 Å². The van der Waals surface area contributed by atoms with Gasteiger partial charge in [-0.1, -0.05) is 156 Å². The Balaban J connectivity index is 1.19. The minimum atomic E-state index is -1.91. The molecule has 3 N–H and O–H groups in total. The van der Waals surface area contributed by atoms with Gasteiger partial charge in [0.25, 0.3) is 0 Å². The molecule has 330 valence electrons. The average molecular weight is 844 g/mol. The number of hydrogen-bond donors (Lipinski definition) is 3. The Morgan fingerprint density at radius 3 is 1.92 bits per heavy atom. The van der Waals surface area contributed by atoms with E-state index in [1.54, 1.807) is 33.8 Å². The van der Waals surface area contributed by atoms with Crippen molar-refractivity contribution in [3.63, 3.8) is 0 Å². The molecule has 9 nitrogen and oxygen atoms in total. The summed E-state index contributed by atoms with van der Waals surface area (Å²) in [7, 11) is 0. The second-order valence-electron chi connectivity index (χ2n) is 20.6. The molecule has 0 spiro atoms. The van der Waals surface area contributed by atoms with Crippen LogP contribution in [-0.2, 0) is 29.4 Å². The molecule has 8 atom stereocenters. The van der Waals surface area contributed by atoms with Gasteiger partial charge in [0.1, 0.15) is 28.4 Å². The molecule has 8 rings (SSSR count). The molecular formula is C53H65NO8. The number of amides is 1. The Labute approximate surface area is 367 Å². The molecule has 0 aromatic heterocycles. The van der Waals surface area contributed by atoms with Crippen molar-refractivity contribution in [1.82, 2.24) is 5.32 Å². The number of aliphatic hydroxyl groups is 2. The highest BCUT2D eigenvalue weighted by Gasteiger charge is 2.83. The highest BCUT2D eigenvalue weighted by atomic mass is 16.6. The van der Waals surface area contributed by atoms with Gasteiger partial charge in [-0.05, 0) is 80.2 Å². The lowest BCUT2D eigenvalue weighted by Gasteiger charge is -2.50. The first-order valence-electron chi connectivity index (χ1n) is 22.8. The fourth-order valence-corrected chi connectivity index (χ4v) is 12.2. The zero-order chi connectivity index (χ0) is 44.3. The van der Waals surface area contributed by atoms with Gasteiger partial charge < -0.3 is 29.7 Å². The van der Waals surface area contributed by atoms with Gasteiger partial charge in [0, 0.05) is 29.6 Å². The smallest absolute Gasteiger partial charge is 0.408 e. The van der Waals surface area contributed by atoms with E-state index in [2.05, 4.69) is 55.6 Å². The van der Waals surface area contributed by atoms with Crippen molar-refractivity contribution in [3.8, 4) is 0 Å². The van der Waals surface area contributed by atoms with Gasteiger partial charge >= 0.3 is 12.1 Å². The number of alkyl carbamates (subject to hydrolysis) is 1. The number of carbonyl (C=O) groups is 3. The maximum atomic E-state index is 14.6. The molecule has 0 aliphatic heterocycles. The number of hydrogen-bond acceptors (Lipinski definition) is 8. The predicted octanol–water partition coefficient (Wildman–Crippen LogP) is 9.39. The van der Waals surface area contributed by atoms with Crippen LogP contribution in [0.1, 0.15) is 117 Å². The lowest BCUT2D eigenvalue weighted by Crippen LogP contribution is -2.61. The van der Waals surface area contributed by atoms with E-state index in [9.17, 15) is 24.6 Å². The minimum Gasteiger partial charge on any atom is -0.457 e. The molecule has 3 fully saturated rings. The summed E-state index contributed by atoms with van der Waals surface area (Å²) in [5.74, 6) is -3.05. The first kappa shape index (κ1) is 44.1. The Bertz CT molecular complexity index is 2110. The monoisotopic (exact) mass is 843 g/mol. The van der Waals surface area contributed by atoms with Gasteiger partial charge in [0.2, 0.25) is 0 Å². The van der Waals surface area contributed by atoms with Gasteiger partial charge in [-0.25, -0.2) is 9.59 Å². The molecule has 0 bridgehead atoms. The summed E-state index contributed by atoms with van der Waals surface area (Å²) >= 11 is 0. The first-order chi connectivity index (χ1) is 29.4. The molecule has 0 saturated heterocycles. The number of nitrogens with one attached hydrogen (secondary N) is 1. The molecule has 0 heterocycles. The highest BCUT2D eigenvalue weighted by Crippen LogP contribution is 2.76. The van der Waals surface area contributed by atoms with E-state index in [-0.39, 0.29) is 24.9 Å². The third kappa shape index (κ3) is 7.45. The third-order valence-electron chi connectivity index (χ3n) is 15.2. The molecular weight excluding hydrogens is 779 g/mol. The van der Waals surface area contributed by atoms with E-state index in [0.29, 0.717) is 24.0 Å². The van der Waals surface area contributed by atoms with Crippen molar-refractivity contribution in [2.45, 2.75) is 134 Å². The van der Waals surface area contributed by atoms with Gasteiger partial charge in [-0.2, -0.15) is 0 Å². The van der Waals surface area contributed by atoms with Crippen LogP contribution in [0.4, 0.5) is 4.79 Å². The molecule has 3 saturated carbocycles. The molecule has 1 amide bonds. The van der Waals surface area contributed by atoms with Crippen molar-refractivity contribution in [1.29, 1.82) is 0 Å². The highest BCUT2D eigenvalue weighted by molar-refractivity contribution is 6.04. The topological polar surface area (TPSA) is 131 Å². The van der Waals surface area contributed by atoms with Gasteiger partial charge in [0.15, 0.2) is 5.78 Å². The van der Waals surface area contributed by atoms with E-state index >= 15 is 0 Å². The molecule has 5 aliphatic carbocycles. The summed E-state index contributed by atoms with van der Waals surface area (Å²) in [5.41, 5.74) is -3.06. The van der Waals surface area contributed by atoms with Crippen LogP contribution < -0.4 is 5.32 Å². The largest absolute Gasteiger partial charge is 0.457 e. The van der Waals surface area contributed by atoms with Crippen molar-refractivity contribution < 1.29 is 38.8 Å². The Morgan fingerprint density at radius 1 is 0.839 bits per heavy atom. The number of ether oxygens (including phenoxy) is 3. The van der Waals surface area contributed by atoms with Crippen LogP contribution in [0.25, 0.3) is 0 Å². The number of ketones is 1. The van der Waals surface area contributed by atoms with E-state index in [1.165, 1.54) is 0 Å². The maximum Gasteiger partial charge on any atom is 0.408 e. The van der Waals surface area contributed by atoms with Crippen LogP contribution in [-0.4, -0.2) is 63.1 Å². The second kappa shape index (κ2) is 16.2. The summed E-state index contributed by atoms with van der Waals surface area (Å²) in [5, 5.41) is 29.0. The molecule has 0 radical (unpaired) electrons. The van der Waals surface area contributed by atoms with Crippen LogP contribution in [0.2, 0.25) is 0 Å². The van der Waals surface area contributed by atoms with Crippen molar-refractivity contribution in [3.05, 3.63) is 131 Å². The van der Waals surface area contributed by atoms with Gasteiger partial charge in [-0.3, -0.25) is 4.79 Å². The Hall–Kier alpha value is -4.57. The number of rotatable bonds is 11. The van der Waals surface area contributed by atoms with E-state index in [0.717, 1.165) is 48.8 Å². The standard InChI is InChI=1S/C53H65NO8/c1-34-28-43-50(58,45(34)55)32-37(33-60-53(38-22-14-9-15-23-38,39-24-16-10-17-25-39)40-26-18-11-19-27-40)29-41-44-49(6,7)51(44,31-35(2)52(41,43)59)61-46(56)42(30-36-20-12-8-13-21-36)54-47(57)62-48(3,4)5/h9-11,14-19,22-29,35-36,41-44,58-59H,8,12-13,20-21,30-33H2,1-7H3,(H,54,57)/t35-,41+,42+,43-,44-,50-,51+,52-/m1/s1. The number of fused-ring (bicyclic) bond motifs is 5. The number of benzene rings is 3. The summed E-state index contributed by atoms with van der Waals surface area (Å²) < 4.78 is 19.7. The van der Waals surface area contributed by atoms with Crippen LogP contribution in [0.15, 0.2) is 114 Å². The van der Waals surface area contributed by atoms with Crippen molar-refractivity contribution in [2.24, 2.45) is 35.0 Å². The quantitative estimate of drug-likeness (QED) is 0.0989. The van der Waals surface area contributed by atoms with E-state index < -0.39 is 75.1 Å². The molecule has 3 aromatic rings. The summed E-state index contributed by atoms with van der Waals surface area (Å²) in [6, 6.07) is 29.3. The number of Topliss-reactive ketones (excluding diaryl/α,β-unsaturated/α-hetero) is 1. The zero-order valence-electron chi connectivity index (χ0n) is 37.5. The number of carbonyl (C=O) groups excluding carboxylic acids is 3. The fraction of sp³-hybridized carbons (Fsp3) is 0.528. The van der Waals surface area contributed by atoms with Crippen LogP contribution in [0.5, 0.6) is 0 Å². The lowest BCUT2D eigenvalue weighted by atomic mass is 9.60. The molecule has 5 aliphatic rings. The minimum absolute atomic E-state index is 0.0320. The SMILES string of the molecule is CC1=C[C@H]2[C@@]3(O)[C@H](C)C[C@]4(OC(=O)[C@H](CC5CCCCC5)NC(=O)OC(C)(C)C)[C@H]([C@@H]3C=C(COC(c3ccccc3)(c3ccccc3)c3ccccc3)C[C@]2(O)C1=O)C4(C)C. The summed E-state index contributed by atoms with van der Waals surface area (Å²) in [4.78, 5) is 42.0. The second-order valence-corrected chi connectivity index (χ2v) is 20.6. The normalized spacial score (nSPS) is 31.0. The molecule has 0 unspecified atom stereocenters. The maximum absolute atomic E-state index is 14.6. The molecule has 62 heavy (non-hydrogen) atoms. The van der Waals surface area contributed by atoms with Crippen LogP contribution in [0.3, 0.4) is 0 Å².